The van der Waals surface area contributed by atoms with Crippen molar-refractivity contribution in [2.24, 2.45) is 5.41 Å². The van der Waals surface area contributed by atoms with E-state index in [0.717, 1.165) is 10.8 Å². The molecule has 1 fully saturated rings. The summed E-state index contributed by atoms with van der Waals surface area (Å²) in [4.78, 5) is 12.8. The van der Waals surface area contributed by atoms with Gasteiger partial charge in [-0.2, -0.15) is 0 Å². The van der Waals surface area contributed by atoms with Crippen molar-refractivity contribution in [3.8, 4) is 0 Å². The van der Waals surface area contributed by atoms with Gasteiger partial charge in [0.2, 0.25) is 0 Å². The lowest BCUT2D eigenvalue weighted by molar-refractivity contribution is -0.149. The fraction of sp³-hybridized carbons (Fsp3) is 0.389. The van der Waals surface area contributed by atoms with E-state index in [4.69, 9.17) is 9.47 Å². The molecule has 2 aromatic carbocycles. The standard InChI is InChI=1S/C18H20O4/c1-18(2,17-21-10-11-22-17)16(20)15(19)14-9-5-7-12-6-3-4-8-13(12)14/h3-9,16-17,20H,10-11H2,1-2H3. The van der Waals surface area contributed by atoms with E-state index in [9.17, 15) is 9.90 Å². The van der Waals surface area contributed by atoms with Gasteiger partial charge in [0.05, 0.1) is 13.2 Å². The van der Waals surface area contributed by atoms with Gasteiger partial charge in [0.25, 0.3) is 0 Å². The van der Waals surface area contributed by atoms with Crippen LogP contribution in [0.4, 0.5) is 0 Å². The van der Waals surface area contributed by atoms with Crippen molar-refractivity contribution < 1.29 is 19.4 Å². The molecule has 22 heavy (non-hydrogen) atoms. The van der Waals surface area contributed by atoms with Crippen LogP contribution in [0.3, 0.4) is 0 Å². The predicted octanol–water partition coefficient (Wildman–Crippen LogP) is 2.78. The lowest BCUT2D eigenvalue weighted by Crippen LogP contribution is -2.45. The van der Waals surface area contributed by atoms with Crippen LogP contribution in [-0.4, -0.2) is 36.5 Å². The quantitative estimate of drug-likeness (QED) is 0.882. The normalized spacial score (nSPS) is 17.8. The van der Waals surface area contributed by atoms with E-state index in [2.05, 4.69) is 0 Å². The van der Waals surface area contributed by atoms with Crippen LogP contribution in [0.15, 0.2) is 42.5 Å². The molecule has 0 amide bonds. The second kappa shape index (κ2) is 5.80. The van der Waals surface area contributed by atoms with Gasteiger partial charge in [0.15, 0.2) is 12.1 Å². The van der Waals surface area contributed by atoms with Crippen LogP contribution in [-0.2, 0) is 9.47 Å². The minimum Gasteiger partial charge on any atom is -0.384 e. The van der Waals surface area contributed by atoms with Crippen molar-refractivity contribution in [3.05, 3.63) is 48.0 Å². The summed E-state index contributed by atoms with van der Waals surface area (Å²) in [5, 5.41) is 12.4. The first-order chi connectivity index (χ1) is 10.5. The molecule has 1 atom stereocenters. The highest BCUT2D eigenvalue weighted by molar-refractivity contribution is 6.10. The summed E-state index contributed by atoms with van der Waals surface area (Å²) in [6.45, 7) is 4.56. The number of aliphatic hydroxyl groups is 1. The molecule has 1 N–H and O–H groups in total. The second-order valence-corrected chi connectivity index (χ2v) is 6.19. The minimum absolute atomic E-state index is 0.305. The highest BCUT2D eigenvalue weighted by Crippen LogP contribution is 2.33. The molecule has 1 saturated heterocycles. The second-order valence-electron chi connectivity index (χ2n) is 6.19. The maximum absolute atomic E-state index is 12.8. The number of carbonyl (C=O) groups excluding carboxylic acids is 1. The Hall–Kier alpha value is -1.75. The number of carbonyl (C=O) groups is 1. The first-order valence-electron chi connectivity index (χ1n) is 7.45. The van der Waals surface area contributed by atoms with Gasteiger partial charge in [-0.05, 0) is 10.8 Å². The van der Waals surface area contributed by atoms with Crippen LogP contribution in [0.25, 0.3) is 10.8 Å². The third-order valence-corrected chi connectivity index (χ3v) is 4.24. The molecular weight excluding hydrogens is 280 g/mol. The molecule has 0 aliphatic carbocycles. The van der Waals surface area contributed by atoms with Gasteiger partial charge in [0.1, 0.15) is 6.10 Å². The van der Waals surface area contributed by atoms with Crippen LogP contribution in [0.2, 0.25) is 0 Å². The minimum atomic E-state index is -1.19. The average molecular weight is 300 g/mol. The fourth-order valence-electron chi connectivity index (χ4n) is 2.84. The van der Waals surface area contributed by atoms with E-state index in [-0.39, 0.29) is 5.78 Å². The molecule has 2 aromatic rings. The number of ketones is 1. The molecule has 4 nitrogen and oxygen atoms in total. The number of fused-ring (bicyclic) bond motifs is 1. The largest absolute Gasteiger partial charge is 0.384 e. The van der Waals surface area contributed by atoms with Crippen LogP contribution >= 0.6 is 0 Å². The van der Waals surface area contributed by atoms with Crippen molar-refractivity contribution in [2.45, 2.75) is 26.2 Å². The van der Waals surface area contributed by atoms with Crippen molar-refractivity contribution in [1.29, 1.82) is 0 Å². The van der Waals surface area contributed by atoms with Crippen LogP contribution < -0.4 is 0 Å². The van der Waals surface area contributed by atoms with E-state index in [0.29, 0.717) is 18.8 Å². The third kappa shape index (κ3) is 2.54. The molecule has 1 aliphatic rings. The van der Waals surface area contributed by atoms with Gasteiger partial charge >= 0.3 is 0 Å². The summed E-state index contributed by atoms with van der Waals surface area (Å²) in [5.74, 6) is -0.305. The fourth-order valence-corrected chi connectivity index (χ4v) is 2.84. The molecule has 1 aliphatic heterocycles. The van der Waals surface area contributed by atoms with E-state index in [1.807, 2.05) is 36.4 Å². The van der Waals surface area contributed by atoms with E-state index in [1.54, 1.807) is 19.9 Å². The number of rotatable bonds is 4. The van der Waals surface area contributed by atoms with Crippen LogP contribution in [0.5, 0.6) is 0 Å². The van der Waals surface area contributed by atoms with Crippen LogP contribution in [0.1, 0.15) is 24.2 Å². The predicted molar refractivity (Wildman–Crippen MR) is 83.8 cm³/mol. The summed E-state index contributed by atoms with van der Waals surface area (Å²) >= 11 is 0. The number of aliphatic hydroxyl groups excluding tert-OH is 1. The Morgan fingerprint density at radius 1 is 1.14 bits per heavy atom. The number of hydrogen-bond donors (Lipinski definition) is 1. The Balaban J connectivity index is 1.95. The van der Waals surface area contributed by atoms with Gasteiger partial charge in [0, 0.05) is 11.0 Å². The molecule has 0 spiro atoms. The van der Waals surface area contributed by atoms with E-state index >= 15 is 0 Å². The Morgan fingerprint density at radius 3 is 2.50 bits per heavy atom. The van der Waals surface area contributed by atoms with Gasteiger partial charge < -0.3 is 14.6 Å². The molecule has 0 bridgehead atoms. The molecular formula is C18H20O4. The van der Waals surface area contributed by atoms with Crippen molar-refractivity contribution in [1.82, 2.24) is 0 Å². The van der Waals surface area contributed by atoms with Crippen molar-refractivity contribution >= 4 is 16.6 Å². The zero-order valence-electron chi connectivity index (χ0n) is 12.8. The topological polar surface area (TPSA) is 55.8 Å². The van der Waals surface area contributed by atoms with Crippen molar-refractivity contribution in [2.75, 3.05) is 13.2 Å². The SMILES string of the molecule is CC(C)(C1OCCO1)C(O)C(=O)c1cccc2ccccc12. The Kier molecular flexibility index (Phi) is 4.00. The third-order valence-electron chi connectivity index (χ3n) is 4.24. The summed E-state index contributed by atoms with van der Waals surface area (Å²) in [7, 11) is 0. The van der Waals surface area contributed by atoms with Gasteiger partial charge in [-0.1, -0.05) is 56.3 Å². The monoisotopic (exact) mass is 300 g/mol. The van der Waals surface area contributed by atoms with Gasteiger partial charge in [-0.25, -0.2) is 0 Å². The highest BCUT2D eigenvalue weighted by Gasteiger charge is 2.44. The summed E-state index contributed by atoms with van der Waals surface area (Å²) in [6, 6.07) is 13.2. The summed E-state index contributed by atoms with van der Waals surface area (Å²) < 4.78 is 11.0. The van der Waals surface area contributed by atoms with E-state index in [1.165, 1.54) is 0 Å². The first-order valence-corrected chi connectivity index (χ1v) is 7.45. The average Bonchev–Trinajstić information content (AvgIpc) is 3.08. The lowest BCUT2D eigenvalue weighted by Gasteiger charge is -2.33. The molecule has 0 aromatic heterocycles. The molecule has 1 unspecified atom stereocenters. The smallest absolute Gasteiger partial charge is 0.192 e. The maximum Gasteiger partial charge on any atom is 0.192 e. The Morgan fingerprint density at radius 2 is 1.77 bits per heavy atom. The molecule has 116 valence electrons. The zero-order chi connectivity index (χ0) is 15.7. The van der Waals surface area contributed by atoms with Crippen LogP contribution in [0, 0.1) is 5.41 Å². The summed E-state index contributed by atoms with van der Waals surface area (Å²) in [6.07, 6.45) is -1.76. The van der Waals surface area contributed by atoms with Gasteiger partial charge in [-0.3, -0.25) is 4.79 Å². The lowest BCUT2D eigenvalue weighted by atomic mass is 9.81. The molecule has 3 rings (SSSR count). The summed E-state index contributed by atoms with van der Waals surface area (Å²) in [5.41, 5.74) is -0.290. The molecule has 0 radical (unpaired) electrons. The Labute approximate surface area is 129 Å². The maximum atomic E-state index is 12.8. The number of benzene rings is 2. The van der Waals surface area contributed by atoms with Gasteiger partial charge in [-0.15, -0.1) is 0 Å². The number of hydrogen-bond acceptors (Lipinski definition) is 4. The highest BCUT2D eigenvalue weighted by atomic mass is 16.7. The van der Waals surface area contributed by atoms with Crippen molar-refractivity contribution in [3.63, 3.8) is 0 Å². The molecule has 0 saturated carbocycles. The Bertz CT molecular complexity index is 681. The molecule has 1 heterocycles. The number of Topliss-reactive ketones (excluding diaryl/α,β-unsaturated/α-hetero) is 1. The van der Waals surface area contributed by atoms with E-state index < -0.39 is 17.8 Å². The first kappa shape index (κ1) is 15.2. The molecule has 4 heteroatoms. The zero-order valence-corrected chi connectivity index (χ0v) is 12.8. The number of ether oxygens (including phenoxy) is 2.